The first kappa shape index (κ1) is 14.1. The van der Waals surface area contributed by atoms with E-state index >= 15 is 0 Å². The highest BCUT2D eigenvalue weighted by molar-refractivity contribution is 9.10. The van der Waals surface area contributed by atoms with Crippen LogP contribution in [0.15, 0.2) is 33.2 Å². The molecule has 94 valence electrons. The van der Waals surface area contributed by atoms with E-state index in [1.807, 2.05) is 19.9 Å². The van der Waals surface area contributed by atoms with E-state index < -0.39 is 0 Å². The molecule has 18 heavy (non-hydrogen) atoms. The molecule has 1 amide bonds. The van der Waals surface area contributed by atoms with Crippen LogP contribution >= 0.6 is 51.5 Å². The number of amides is 1. The second-order valence-corrected chi connectivity index (χ2v) is 6.90. The van der Waals surface area contributed by atoms with Crippen LogP contribution in [0.1, 0.15) is 13.8 Å². The third-order valence-electron chi connectivity index (χ3n) is 2.37. The van der Waals surface area contributed by atoms with E-state index in [-0.39, 0.29) is 5.91 Å². The Morgan fingerprint density at radius 2 is 2.11 bits per heavy atom. The molecule has 0 saturated carbocycles. The van der Waals surface area contributed by atoms with E-state index in [1.165, 1.54) is 16.7 Å². The normalized spacial score (nSPS) is 15.6. The van der Waals surface area contributed by atoms with Crippen molar-refractivity contribution in [1.82, 2.24) is 0 Å². The number of thioether (sulfide) groups is 1. The van der Waals surface area contributed by atoms with E-state index in [0.29, 0.717) is 19.9 Å². The van der Waals surface area contributed by atoms with Gasteiger partial charge in [-0.2, -0.15) is 0 Å². The van der Waals surface area contributed by atoms with Gasteiger partial charge >= 0.3 is 0 Å². The molecular formula is C12H9BrClNOS2. The summed E-state index contributed by atoms with van der Waals surface area (Å²) in [6.45, 7) is 3.80. The molecule has 1 aliphatic rings. The van der Waals surface area contributed by atoms with Gasteiger partial charge in [0.05, 0.1) is 15.6 Å². The van der Waals surface area contributed by atoms with Crippen LogP contribution < -0.4 is 4.90 Å². The van der Waals surface area contributed by atoms with Crippen molar-refractivity contribution in [3.63, 3.8) is 0 Å². The van der Waals surface area contributed by atoms with Gasteiger partial charge in [-0.3, -0.25) is 9.69 Å². The van der Waals surface area contributed by atoms with Gasteiger partial charge in [-0.05, 0) is 32.0 Å². The van der Waals surface area contributed by atoms with Crippen LogP contribution in [0.2, 0.25) is 5.02 Å². The Morgan fingerprint density at radius 3 is 2.61 bits per heavy atom. The zero-order valence-corrected chi connectivity index (χ0v) is 13.6. The van der Waals surface area contributed by atoms with Crippen LogP contribution in [-0.2, 0) is 4.79 Å². The van der Waals surface area contributed by atoms with Gasteiger partial charge in [-0.25, -0.2) is 0 Å². The second kappa shape index (κ2) is 5.33. The van der Waals surface area contributed by atoms with Crippen LogP contribution in [0.25, 0.3) is 0 Å². The first-order valence-electron chi connectivity index (χ1n) is 5.10. The molecule has 0 spiro atoms. The van der Waals surface area contributed by atoms with Gasteiger partial charge in [-0.15, -0.1) is 0 Å². The minimum atomic E-state index is -0.103. The summed E-state index contributed by atoms with van der Waals surface area (Å²) in [7, 11) is 0. The van der Waals surface area contributed by atoms with Crippen molar-refractivity contribution in [2.75, 3.05) is 4.90 Å². The van der Waals surface area contributed by atoms with E-state index in [2.05, 4.69) is 15.9 Å². The zero-order valence-electron chi connectivity index (χ0n) is 9.66. The highest BCUT2D eigenvalue weighted by atomic mass is 79.9. The third-order valence-corrected chi connectivity index (χ3v) is 4.75. The fraction of sp³-hybridized carbons (Fsp3) is 0.167. The molecule has 0 unspecified atom stereocenters. The summed E-state index contributed by atoms with van der Waals surface area (Å²) in [5.41, 5.74) is 1.58. The third kappa shape index (κ3) is 2.50. The number of carbonyl (C=O) groups is 1. The molecule has 1 aliphatic heterocycles. The topological polar surface area (TPSA) is 20.3 Å². The molecule has 0 N–H and O–H groups in total. The molecule has 6 heteroatoms. The number of nitrogens with zero attached hydrogens (tertiary/aromatic N) is 1. The number of allylic oxidation sites excluding steroid dienone is 1. The highest BCUT2D eigenvalue weighted by Gasteiger charge is 2.34. The molecule has 1 aromatic rings. The summed E-state index contributed by atoms with van der Waals surface area (Å²) in [5, 5.41) is 0.496. The number of benzene rings is 1. The van der Waals surface area contributed by atoms with Crippen molar-refractivity contribution in [2.45, 2.75) is 13.8 Å². The van der Waals surface area contributed by atoms with E-state index in [1.54, 1.807) is 12.1 Å². The van der Waals surface area contributed by atoms with Crippen LogP contribution in [-0.4, -0.2) is 10.2 Å². The van der Waals surface area contributed by atoms with Gasteiger partial charge in [-0.1, -0.05) is 57.1 Å². The van der Waals surface area contributed by atoms with Gasteiger partial charge in [0.2, 0.25) is 0 Å². The number of hydrogen-bond donors (Lipinski definition) is 0. The van der Waals surface area contributed by atoms with E-state index in [4.69, 9.17) is 23.8 Å². The average Bonchev–Trinajstić information content (AvgIpc) is 2.56. The van der Waals surface area contributed by atoms with Crippen molar-refractivity contribution in [3.8, 4) is 0 Å². The summed E-state index contributed by atoms with van der Waals surface area (Å²) in [4.78, 5) is 14.4. The predicted molar refractivity (Wildman–Crippen MR) is 85.2 cm³/mol. The standard InChI is InChI=1S/C12H9BrClNOS2/c1-6(2)10-11(16)15(12(17)18-10)9-4-3-7(13)5-8(9)14/h3-5H,1-2H3. The van der Waals surface area contributed by atoms with Crippen molar-refractivity contribution in [3.05, 3.63) is 38.2 Å². The second-order valence-electron chi connectivity index (χ2n) is 3.93. The molecule has 1 heterocycles. The first-order valence-corrected chi connectivity index (χ1v) is 7.50. The number of halogens is 2. The quantitative estimate of drug-likeness (QED) is 0.530. The van der Waals surface area contributed by atoms with Gasteiger partial charge in [0.15, 0.2) is 4.32 Å². The number of anilines is 1. The Morgan fingerprint density at radius 1 is 1.44 bits per heavy atom. The number of carbonyl (C=O) groups excluding carboxylic acids is 1. The zero-order chi connectivity index (χ0) is 13.4. The van der Waals surface area contributed by atoms with Crippen LogP contribution in [0.5, 0.6) is 0 Å². The summed E-state index contributed by atoms with van der Waals surface area (Å²) >= 11 is 16.1. The van der Waals surface area contributed by atoms with Crippen LogP contribution in [0, 0.1) is 0 Å². The maximum atomic E-state index is 12.3. The lowest BCUT2D eigenvalue weighted by atomic mass is 10.2. The first-order chi connectivity index (χ1) is 8.41. The molecule has 1 fully saturated rings. The number of rotatable bonds is 1. The molecule has 1 aromatic carbocycles. The molecule has 1 saturated heterocycles. The summed E-state index contributed by atoms with van der Waals surface area (Å²) in [6, 6.07) is 5.37. The molecule has 0 radical (unpaired) electrons. The van der Waals surface area contributed by atoms with Gasteiger partial charge in [0.25, 0.3) is 5.91 Å². The number of thiocarbonyl (C=S) groups is 1. The van der Waals surface area contributed by atoms with Crippen LogP contribution in [0.4, 0.5) is 5.69 Å². The maximum absolute atomic E-state index is 12.3. The molecule has 2 rings (SSSR count). The number of hydrogen-bond acceptors (Lipinski definition) is 3. The molecule has 0 atom stereocenters. The molecule has 0 aromatic heterocycles. The molecule has 0 aliphatic carbocycles. The molecular weight excluding hydrogens is 354 g/mol. The molecule has 0 bridgehead atoms. The minimum Gasteiger partial charge on any atom is -0.268 e. The smallest absolute Gasteiger partial charge is 0.268 e. The van der Waals surface area contributed by atoms with Crippen LogP contribution in [0.3, 0.4) is 0 Å². The monoisotopic (exact) mass is 361 g/mol. The highest BCUT2D eigenvalue weighted by Crippen LogP contribution is 2.39. The van der Waals surface area contributed by atoms with Crippen molar-refractivity contribution in [2.24, 2.45) is 0 Å². The Bertz CT molecular complexity index is 581. The van der Waals surface area contributed by atoms with Crippen molar-refractivity contribution in [1.29, 1.82) is 0 Å². The van der Waals surface area contributed by atoms with Gasteiger partial charge in [0, 0.05) is 4.47 Å². The van der Waals surface area contributed by atoms with E-state index in [9.17, 15) is 4.79 Å². The molecule has 2 nitrogen and oxygen atoms in total. The van der Waals surface area contributed by atoms with E-state index in [0.717, 1.165) is 10.0 Å². The lowest BCUT2D eigenvalue weighted by Gasteiger charge is -2.16. The van der Waals surface area contributed by atoms with Crippen molar-refractivity contribution < 1.29 is 4.79 Å². The largest absolute Gasteiger partial charge is 0.270 e. The van der Waals surface area contributed by atoms with Gasteiger partial charge < -0.3 is 0 Å². The Kier molecular flexibility index (Phi) is 4.16. The summed E-state index contributed by atoms with van der Waals surface area (Å²) < 4.78 is 1.38. The maximum Gasteiger partial charge on any atom is 0.270 e. The fourth-order valence-electron chi connectivity index (χ4n) is 1.55. The lowest BCUT2D eigenvalue weighted by molar-refractivity contribution is -0.113. The van der Waals surface area contributed by atoms with Gasteiger partial charge in [0.1, 0.15) is 0 Å². The fourth-order valence-corrected chi connectivity index (χ4v) is 3.57. The Labute approximate surface area is 128 Å². The Balaban J connectivity index is 2.49. The lowest BCUT2D eigenvalue weighted by Crippen LogP contribution is -2.27. The van der Waals surface area contributed by atoms with Crippen molar-refractivity contribution >= 4 is 67.4 Å². The Hall–Kier alpha value is -0.360. The SMILES string of the molecule is CC(C)=C1SC(=S)N(c2ccc(Br)cc2Cl)C1=O. The predicted octanol–water partition coefficient (Wildman–Crippen LogP) is 4.76. The summed E-state index contributed by atoms with van der Waals surface area (Å²) in [5.74, 6) is -0.103. The average molecular weight is 363 g/mol. The minimum absolute atomic E-state index is 0.103. The summed E-state index contributed by atoms with van der Waals surface area (Å²) in [6.07, 6.45) is 0.